The molecule has 0 unspecified atom stereocenters. The van der Waals surface area contributed by atoms with Crippen molar-refractivity contribution < 1.29 is 8.78 Å². The molecule has 0 fully saturated rings. The predicted octanol–water partition coefficient (Wildman–Crippen LogP) is 2.98. The smallest absolute Gasteiger partial charge is 0.142 e. The Hall–Kier alpha value is -1.97. The summed E-state index contributed by atoms with van der Waals surface area (Å²) in [5, 5.41) is 0. The van der Waals surface area contributed by atoms with Gasteiger partial charge in [-0.1, -0.05) is 6.07 Å². The number of aromatic nitrogens is 1. The first-order valence-corrected chi connectivity index (χ1v) is 5.26. The zero-order valence-corrected chi connectivity index (χ0v) is 9.16. The lowest BCUT2D eigenvalue weighted by Gasteiger charge is -2.09. The molecule has 2 nitrogen and oxygen atoms in total. The quantitative estimate of drug-likeness (QED) is 0.829. The van der Waals surface area contributed by atoms with Crippen LogP contribution in [0.1, 0.15) is 5.56 Å². The lowest BCUT2D eigenvalue weighted by Crippen LogP contribution is -1.95. The van der Waals surface area contributed by atoms with E-state index < -0.39 is 12.5 Å². The highest BCUT2D eigenvalue weighted by molar-refractivity contribution is 5.70. The van der Waals surface area contributed by atoms with Crippen molar-refractivity contribution in [1.82, 2.24) is 4.98 Å². The van der Waals surface area contributed by atoms with Crippen LogP contribution >= 0.6 is 0 Å². The van der Waals surface area contributed by atoms with Gasteiger partial charge in [0.2, 0.25) is 0 Å². The maximum atomic E-state index is 13.1. The minimum atomic E-state index is -0.459. The summed E-state index contributed by atoms with van der Waals surface area (Å²) in [7, 11) is 0. The Kier molecular flexibility index (Phi) is 3.32. The molecule has 2 N–H and O–H groups in total. The van der Waals surface area contributed by atoms with Gasteiger partial charge in [0.25, 0.3) is 0 Å². The number of nitrogens with two attached hydrogens (primary N) is 1. The van der Waals surface area contributed by atoms with E-state index in [1.54, 1.807) is 24.4 Å². The van der Waals surface area contributed by atoms with Gasteiger partial charge in [-0.15, -0.1) is 0 Å². The first-order valence-electron chi connectivity index (χ1n) is 5.26. The van der Waals surface area contributed by atoms with Crippen LogP contribution < -0.4 is 5.73 Å². The third-order valence-corrected chi connectivity index (χ3v) is 2.51. The van der Waals surface area contributed by atoms with E-state index in [1.165, 1.54) is 6.07 Å². The fourth-order valence-electron chi connectivity index (χ4n) is 1.74. The fraction of sp³-hybridized carbons (Fsp3) is 0.154. The van der Waals surface area contributed by atoms with Gasteiger partial charge in [0.05, 0.1) is 12.9 Å². The molecule has 0 aliphatic heterocycles. The van der Waals surface area contributed by atoms with Crippen LogP contribution in [0.25, 0.3) is 11.1 Å². The third kappa shape index (κ3) is 2.58. The van der Waals surface area contributed by atoms with Crippen molar-refractivity contribution >= 4 is 5.69 Å². The molecule has 0 radical (unpaired) electrons. The monoisotopic (exact) mass is 234 g/mol. The molecule has 88 valence electrons. The van der Waals surface area contributed by atoms with Gasteiger partial charge < -0.3 is 5.73 Å². The van der Waals surface area contributed by atoms with Gasteiger partial charge in [-0.3, -0.25) is 9.37 Å². The Morgan fingerprint density at radius 2 is 2.00 bits per heavy atom. The topological polar surface area (TPSA) is 38.9 Å². The predicted molar refractivity (Wildman–Crippen MR) is 63.7 cm³/mol. The number of halogens is 2. The number of nitrogen functional groups attached to an aromatic ring is 1. The second-order valence-electron chi connectivity index (χ2n) is 3.75. The van der Waals surface area contributed by atoms with E-state index in [0.29, 0.717) is 11.3 Å². The van der Waals surface area contributed by atoms with Gasteiger partial charge in [0, 0.05) is 23.9 Å². The van der Waals surface area contributed by atoms with Crippen molar-refractivity contribution in [3.63, 3.8) is 0 Å². The number of nitrogens with zero attached hydrogens (tertiary/aromatic N) is 1. The van der Waals surface area contributed by atoms with E-state index >= 15 is 0 Å². The van der Waals surface area contributed by atoms with E-state index in [0.717, 1.165) is 17.3 Å². The van der Waals surface area contributed by atoms with Gasteiger partial charge in [0.1, 0.15) is 5.82 Å². The lowest BCUT2D eigenvalue weighted by molar-refractivity contribution is 0.495. The van der Waals surface area contributed by atoms with Crippen LogP contribution in [0.5, 0.6) is 0 Å². The SMILES string of the molecule is Nc1ccc(CCF)c(-c2cncc(F)c2)c1. The van der Waals surface area contributed by atoms with E-state index in [9.17, 15) is 8.78 Å². The molecule has 0 atom stereocenters. The lowest BCUT2D eigenvalue weighted by atomic mass is 9.98. The number of hydrogen-bond acceptors (Lipinski definition) is 2. The minimum absolute atomic E-state index is 0.284. The Morgan fingerprint density at radius 1 is 1.18 bits per heavy atom. The van der Waals surface area contributed by atoms with Gasteiger partial charge in [0.15, 0.2) is 0 Å². The average molecular weight is 234 g/mol. The highest BCUT2D eigenvalue weighted by Crippen LogP contribution is 2.26. The number of rotatable bonds is 3. The molecule has 0 aliphatic carbocycles. The van der Waals surface area contributed by atoms with E-state index in [4.69, 9.17) is 5.73 Å². The summed E-state index contributed by atoms with van der Waals surface area (Å²) in [5.41, 5.74) is 8.40. The van der Waals surface area contributed by atoms with Crippen molar-refractivity contribution in [1.29, 1.82) is 0 Å². The number of hydrogen-bond donors (Lipinski definition) is 1. The van der Waals surface area contributed by atoms with Gasteiger partial charge >= 0.3 is 0 Å². The summed E-state index contributed by atoms with van der Waals surface area (Å²) in [5.74, 6) is -0.420. The molecular formula is C13H12F2N2. The van der Waals surface area contributed by atoms with Crippen LogP contribution in [0, 0.1) is 5.82 Å². The summed E-state index contributed by atoms with van der Waals surface area (Å²) < 4.78 is 25.5. The number of anilines is 1. The average Bonchev–Trinajstić information content (AvgIpc) is 2.32. The highest BCUT2D eigenvalue weighted by Gasteiger charge is 2.07. The molecule has 1 aromatic carbocycles. The van der Waals surface area contributed by atoms with Gasteiger partial charge in [-0.25, -0.2) is 4.39 Å². The molecule has 4 heteroatoms. The van der Waals surface area contributed by atoms with Gasteiger partial charge in [-0.2, -0.15) is 0 Å². The first-order chi connectivity index (χ1) is 8.20. The summed E-state index contributed by atoms with van der Waals surface area (Å²) in [6.45, 7) is -0.459. The van der Waals surface area contributed by atoms with Crippen LogP contribution in [0.2, 0.25) is 0 Å². The molecule has 2 rings (SSSR count). The summed E-state index contributed by atoms with van der Waals surface area (Å²) in [6, 6.07) is 6.54. The van der Waals surface area contributed by atoms with E-state index in [-0.39, 0.29) is 6.42 Å². The van der Waals surface area contributed by atoms with Crippen LogP contribution in [0.15, 0.2) is 36.7 Å². The molecular weight excluding hydrogens is 222 g/mol. The third-order valence-electron chi connectivity index (χ3n) is 2.51. The zero-order valence-electron chi connectivity index (χ0n) is 9.16. The number of aryl methyl sites for hydroxylation is 1. The number of alkyl halides is 1. The normalized spacial score (nSPS) is 10.5. The Morgan fingerprint density at radius 3 is 2.71 bits per heavy atom. The molecule has 0 bridgehead atoms. The van der Waals surface area contributed by atoms with Crippen LogP contribution in [0.3, 0.4) is 0 Å². The molecule has 2 aromatic rings. The molecule has 0 saturated heterocycles. The van der Waals surface area contributed by atoms with Crippen LogP contribution in [0.4, 0.5) is 14.5 Å². The Bertz CT molecular complexity index is 527. The molecule has 1 aromatic heterocycles. The summed E-state index contributed by atoms with van der Waals surface area (Å²) in [4.78, 5) is 3.78. The first kappa shape index (κ1) is 11.5. The highest BCUT2D eigenvalue weighted by atomic mass is 19.1. The molecule has 0 spiro atoms. The number of benzene rings is 1. The maximum Gasteiger partial charge on any atom is 0.142 e. The van der Waals surface area contributed by atoms with Crippen LogP contribution in [-0.2, 0) is 6.42 Å². The van der Waals surface area contributed by atoms with E-state index in [2.05, 4.69) is 4.98 Å². The standard InChI is InChI=1S/C13H12F2N2/c14-4-3-9-1-2-12(16)6-13(9)10-5-11(15)8-17-7-10/h1-2,5-8H,3-4,16H2. The molecule has 1 heterocycles. The van der Waals surface area contributed by atoms with Crippen molar-refractivity contribution in [3.05, 3.63) is 48.0 Å². The Labute approximate surface area is 98.1 Å². The van der Waals surface area contributed by atoms with Crippen molar-refractivity contribution in [2.45, 2.75) is 6.42 Å². The minimum Gasteiger partial charge on any atom is -0.399 e. The fourth-order valence-corrected chi connectivity index (χ4v) is 1.74. The second-order valence-corrected chi connectivity index (χ2v) is 3.75. The zero-order chi connectivity index (χ0) is 12.3. The molecule has 0 saturated carbocycles. The summed E-state index contributed by atoms with van der Waals surface area (Å²) in [6.07, 6.45) is 2.95. The van der Waals surface area contributed by atoms with Crippen molar-refractivity contribution in [2.24, 2.45) is 0 Å². The van der Waals surface area contributed by atoms with Gasteiger partial charge in [-0.05, 0) is 29.3 Å². The maximum absolute atomic E-state index is 13.1. The Balaban J connectivity index is 2.52. The second kappa shape index (κ2) is 4.91. The van der Waals surface area contributed by atoms with Crippen molar-refractivity contribution in [2.75, 3.05) is 12.4 Å². The largest absolute Gasteiger partial charge is 0.399 e. The number of pyridine rings is 1. The molecule has 0 amide bonds. The molecule has 0 aliphatic rings. The van der Waals surface area contributed by atoms with Crippen molar-refractivity contribution in [3.8, 4) is 11.1 Å². The molecule has 17 heavy (non-hydrogen) atoms. The van der Waals surface area contributed by atoms with Crippen LogP contribution in [-0.4, -0.2) is 11.7 Å². The summed E-state index contributed by atoms with van der Waals surface area (Å²) >= 11 is 0. The van der Waals surface area contributed by atoms with E-state index in [1.807, 2.05) is 0 Å².